The third-order valence-electron chi connectivity index (χ3n) is 4.42. The normalized spacial score (nSPS) is 17.2. The highest BCUT2D eigenvalue weighted by Gasteiger charge is 2.24. The van der Waals surface area contributed by atoms with Gasteiger partial charge in [0.2, 0.25) is 0 Å². The number of methoxy groups -OCH3 is 1. The molecule has 0 aromatic carbocycles. The summed E-state index contributed by atoms with van der Waals surface area (Å²) in [5.41, 5.74) is 1.35. The fourth-order valence-electron chi connectivity index (χ4n) is 3.17. The Hall–Kier alpha value is -1.11. The van der Waals surface area contributed by atoms with E-state index < -0.39 is 0 Å². The van der Waals surface area contributed by atoms with Crippen molar-refractivity contribution < 1.29 is 4.74 Å². The molecule has 2 aromatic heterocycles. The van der Waals surface area contributed by atoms with Crippen molar-refractivity contribution in [2.75, 3.05) is 19.5 Å². The van der Waals surface area contributed by atoms with E-state index >= 15 is 0 Å². The number of rotatable bonds is 7. The molecular formula is C18H24N2O2S2. The second-order valence-corrected chi connectivity index (χ2v) is 8.47. The molecule has 1 unspecified atom stereocenters. The van der Waals surface area contributed by atoms with Gasteiger partial charge in [-0.3, -0.25) is 9.36 Å². The Morgan fingerprint density at radius 1 is 1.54 bits per heavy atom. The monoisotopic (exact) mass is 364 g/mol. The fourth-order valence-corrected chi connectivity index (χ4v) is 5.52. The number of aromatic nitrogens is 2. The minimum Gasteiger partial charge on any atom is -0.385 e. The Bertz CT molecular complexity index is 794. The molecule has 2 heterocycles. The van der Waals surface area contributed by atoms with E-state index in [0.29, 0.717) is 12.5 Å². The topological polar surface area (TPSA) is 44.1 Å². The average Bonchev–Trinajstić information content (AvgIpc) is 2.92. The Kier molecular flexibility index (Phi) is 5.79. The van der Waals surface area contributed by atoms with Gasteiger partial charge < -0.3 is 4.74 Å². The van der Waals surface area contributed by atoms with Gasteiger partial charge in [0.05, 0.1) is 5.39 Å². The number of hydrogen-bond donors (Lipinski definition) is 0. The van der Waals surface area contributed by atoms with Crippen molar-refractivity contribution in [1.29, 1.82) is 0 Å². The van der Waals surface area contributed by atoms with Crippen molar-refractivity contribution in [2.45, 2.75) is 44.3 Å². The molecule has 0 radical (unpaired) electrons. The van der Waals surface area contributed by atoms with Gasteiger partial charge in [-0.05, 0) is 37.2 Å². The van der Waals surface area contributed by atoms with E-state index in [2.05, 4.69) is 13.5 Å². The molecule has 0 saturated carbocycles. The van der Waals surface area contributed by atoms with Crippen LogP contribution in [0, 0.1) is 5.92 Å². The zero-order valence-electron chi connectivity index (χ0n) is 14.3. The molecule has 6 heteroatoms. The lowest BCUT2D eigenvalue weighted by Gasteiger charge is -2.17. The maximum Gasteiger partial charge on any atom is 0.263 e. The smallest absolute Gasteiger partial charge is 0.263 e. The Labute approximate surface area is 150 Å². The van der Waals surface area contributed by atoms with Crippen LogP contribution >= 0.6 is 23.1 Å². The van der Waals surface area contributed by atoms with Crippen LogP contribution in [0.1, 0.15) is 30.2 Å². The van der Waals surface area contributed by atoms with Crippen LogP contribution in [0.25, 0.3) is 10.2 Å². The highest BCUT2D eigenvalue weighted by atomic mass is 32.2. The second kappa shape index (κ2) is 7.85. The van der Waals surface area contributed by atoms with Crippen LogP contribution in [-0.4, -0.2) is 29.0 Å². The summed E-state index contributed by atoms with van der Waals surface area (Å²) < 4.78 is 6.88. The van der Waals surface area contributed by atoms with Gasteiger partial charge in [0.25, 0.3) is 5.56 Å². The van der Waals surface area contributed by atoms with Crippen LogP contribution in [0.3, 0.4) is 0 Å². The van der Waals surface area contributed by atoms with Crippen molar-refractivity contribution >= 4 is 33.3 Å². The number of thiophene rings is 1. The van der Waals surface area contributed by atoms with Crippen molar-refractivity contribution in [1.82, 2.24) is 9.55 Å². The van der Waals surface area contributed by atoms with E-state index in [1.54, 1.807) is 40.9 Å². The number of fused-ring (bicyclic) bond motifs is 3. The standard InChI is InChI=1S/C18H24N2O2S2/c1-4-8-20-17(21)15-13-7-6-12(2)11-14(13)24-16(15)19-18(20)23-10-5-9-22-3/h4,12H,1,5-11H2,2-3H3. The van der Waals surface area contributed by atoms with E-state index in [9.17, 15) is 4.79 Å². The van der Waals surface area contributed by atoms with E-state index in [0.717, 1.165) is 53.4 Å². The largest absolute Gasteiger partial charge is 0.385 e. The molecule has 1 aliphatic carbocycles. The van der Waals surface area contributed by atoms with Gasteiger partial charge >= 0.3 is 0 Å². The first kappa shape index (κ1) is 17.7. The van der Waals surface area contributed by atoms with Gasteiger partial charge in [-0.1, -0.05) is 24.8 Å². The molecule has 130 valence electrons. The second-order valence-electron chi connectivity index (χ2n) is 6.33. The van der Waals surface area contributed by atoms with E-state index in [4.69, 9.17) is 9.72 Å². The molecular weight excluding hydrogens is 340 g/mol. The van der Waals surface area contributed by atoms with Gasteiger partial charge in [-0.2, -0.15) is 0 Å². The van der Waals surface area contributed by atoms with Crippen LogP contribution in [-0.2, 0) is 24.1 Å². The van der Waals surface area contributed by atoms with Crippen molar-refractivity contribution in [3.05, 3.63) is 33.4 Å². The summed E-state index contributed by atoms with van der Waals surface area (Å²) in [5, 5.41) is 1.65. The van der Waals surface area contributed by atoms with Gasteiger partial charge in [0, 0.05) is 30.9 Å². The number of nitrogens with zero attached hydrogens (tertiary/aromatic N) is 2. The molecule has 4 nitrogen and oxygen atoms in total. The predicted molar refractivity (Wildman–Crippen MR) is 102 cm³/mol. The Morgan fingerprint density at radius 3 is 3.12 bits per heavy atom. The molecule has 0 saturated heterocycles. The van der Waals surface area contributed by atoms with Gasteiger partial charge in [-0.15, -0.1) is 17.9 Å². The summed E-state index contributed by atoms with van der Waals surface area (Å²) in [6, 6.07) is 0. The molecule has 0 fully saturated rings. The molecule has 0 amide bonds. The molecule has 0 N–H and O–H groups in total. The van der Waals surface area contributed by atoms with Gasteiger partial charge in [0.15, 0.2) is 5.16 Å². The van der Waals surface area contributed by atoms with Crippen LogP contribution in [0.5, 0.6) is 0 Å². The SMILES string of the molecule is C=CCn1c(SCCCOC)nc2sc3c(c2c1=O)CCC(C)C3. The number of aryl methyl sites for hydroxylation is 1. The maximum atomic E-state index is 13.1. The first-order chi connectivity index (χ1) is 11.7. The first-order valence-corrected chi connectivity index (χ1v) is 10.2. The average molecular weight is 365 g/mol. The molecule has 0 spiro atoms. The van der Waals surface area contributed by atoms with Crippen LogP contribution in [0.4, 0.5) is 0 Å². The third kappa shape index (κ3) is 3.46. The van der Waals surface area contributed by atoms with E-state index in [1.807, 2.05) is 0 Å². The predicted octanol–water partition coefficient (Wildman–Crippen LogP) is 3.90. The van der Waals surface area contributed by atoms with Crippen molar-refractivity contribution in [2.24, 2.45) is 5.92 Å². The van der Waals surface area contributed by atoms with Crippen LogP contribution in [0.2, 0.25) is 0 Å². The summed E-state index contributed by atoms with van der Waals surface area (Å²) in [7, 11) is 1.71. The Balaban J connectivity index is 2.03. The molecule has 1 atom stereocenters. The minimum absolute atomic E-state index is 0.0983. The van der Waals surface area contributed by atoms with Gasteiger partial charge in [-0.25, -0.2) is 4.98 Å². The maximum absolute atomic E-state index is 13.1. The van der Waals surface area contributed by atoms with Crippen molar-refractivity contribution in [3.8, 4) is 0 Å². The summed E-state index contributed by atoms with van der Waals surface area (Å²) >= 11 is 3.35. The summed E-state index contributed by atoms with van der Waals surface area (Å²) in [6.07, 6.45) is 5.96. The van der Waals surface area contributed by atoms with Gasteiger partial charge in [0.1, 0.15) is 4.83 Å². The highest BCUT2D eigenvalue weighted by molar-refractivity contribution is 7.99. The van der Waals surface area contributed by atoms with E-state index in [-0.39, 0.29) is 5.56 Å². The molecule has 1 aliphatic rings. The summed E-state index contributed by atoms with van der Waals surface area (Å²) in [6.45, 7) is 7.32. The third-order valence-corrected chi connectivity index (χ3v) is 6.63. The van der Waals surface area contributed by atoms with Crippen molar-refractivity contribution in [3.63, 3.8) is 0 Å². The fraction of sp³-hybridized carbons (Fsp3) is 0.556. The number of thioether (sulfide) groups is 1. The zero-order chi connectivity index (χ0) is 17.1. The number of hydrogen-bond acceptors (Lipinski definition) is 5. The van der Waals surface area contributed by atoms with Crippen LogP contribution < -0.4 is 5.56 Å². The summed E-state index contributed by atoms with van der Waals surface area (Å²) in [5.74, 6) is 1.59. The molecule has 3 rings (SSSR count). The molecule has 24 heavy (non-hydrogen) atoms. The lowest BCUT2D eigenvalue weighted by atomic mass is 9.89. The van der Waals surface area contributed by atoms with Crippen LogP contribution in [0.15, 0.2) is 22.6 Å². The quantitative estimate of drug-likeness (QED) is 0.323. The molecule has 0 bridgehead atoms. The number of ether oxygens (including phenoxy) is 1. The molecule has 2 aromatic rings. The first-order valence-electron chi connectivity index (χ1n) is 8.43. The minimum atomic E-state index is 0.0983. The summed E-state index contributed by atoms with van der Waals surface area (Å²) in [4.78, 5) is 20.2. The lowest BCUT2D eigenvalue weighted by molar-refractivity contribution is 0.200. The molecule has 0 aliphatic heterocycles. The lowest BCUT2D eigenvalue weighted by Crippen LogP contribution is -2.23. The highest BCUT2D eigenvalue weighted by Crippen LogP contribution is 2.36. The van der Waals surface area contributed by atoms with E-state index in [1.165, 1.54) is 10.4 Å². The zero-order valence-corrected chi connectivity index (χ0v) is 16.0. The number of allylic oxidation sites excluding steroid dienone is 1. The Morgan fingerprint density at radius 2 is 2.38 bits per heavy atom.